The van der Waals surface area contributed by atoms with Gasteiger partial charge in [0.2, 0.25) is 0 Å². The third kappa shape index (κ3) is 3.32. The van der Waals surface area contributed by atoms with E-state index in [2.05, 4.69) is 52.5 Å². The lowest BCUT2D eigenvalue weighted by atomic mass is 9.89. The summed E-state index contributed by atoms with van der Waals surface area (Å²) in [6, 6.07) is 12.3. The Balaban J connectivity index is 1.31. The van der Waals surface area contributed by atoms with Gasteiger partial charge in [0.1, 0.15) is 0 Å². The lowest BCUT2D eigenvalue weighted by molar-refractivity contribution is 0.191. The molecule has 2 atom stereocenters. The van der Waals surface area contributed by atoms with Crippen LogP contribution >= 0.6 is 0 Å². The topological polar surface area (TPSA) is 57.4 Å². The van der Waals surface area contributed by atoms with Crippen LogP contribution in [0.2, 0.25) is 0 Å². The first-order valence-corrected chi connectivity index (χ1v) is 10.7. The van der Waals surface area contributed by atoms with Gasteiger partial charge in [0.05, 0.1) is 11.7 Å². The number of anilines is 1. The molecule has 5 rings (SSSR count). The van der Waals surface area contributed by atoms with E-state index >= 15 is 0 Å². The minimum atomic E-state index is 0.332. The molecule has 0 amide bonds. The minimum Gasteiger partial charge on any atom is -0.368 e. The van der Waals surface area contributed by atoms with Crippen molar-refractivity contribution in [2.45, 2.75) is 50.4 Å². The molecule has 3 N–H and O–H groups in total. The molecule has 0 unspecified atom stereocenters. The molecule has 1 aromatic carbocycles. The van der Waals surface area contributed by atoms with Crippen molar-refractivity contribution < 1.29 is 0 Å². The second-order valence-electron chi connectivity index (χ2n) is 8.76. The van der Waals surface area contributed by atoms with Gasteiger partial charge in [-0.15, -0.1) is 0 Å². The van der Waals surface area contributed by atoms with E-state index in [1.165, 1.54) is 47.3 Å². The van der Waals surface area contributed by atoms with Crippen LogP contribution in [0, 0.1) is 0 Å². The largest absolute Gasteiger partial charge is 0.368 e. The van der Waals surface area contributed by atoms with E-state index < -0.39 is 0 Å². The number of benzene rings is 1. The number of aromatic nitrogens is 1. The molecule has 2 aromatic rings. The van der Waals surface area contributed by atoms with Gasteiger partial charge in [0.25, 0.3) is 0 Å². The zero-order valence-corrected chi connectivity index (χ0v) is 16.8. The van der Waals surface area contributed by atoms with Crippen LogP contribution < -0.4 is 16.0 Å². The number of aryl methyl sites for hydroxylation is 1. The molecule has 1 aromatic heterocycles. The number of pyridine rings is 1. The number of hydrogen-bond acceptors (Lipinski definition) is 5. The van der Waals surface area contributed by atoms with E-state index in [0.29, 0.717) is 18.1 Å². The summed E-state index contributed by atoms with van der Waals surface area (Å²) in [5, 5.41) is 3.77. The molecule has 3 aliphatic rings. The van der Waals surface area contributed by atoms with Crippen molar-refractivity contribution in [1.82, 2.24) is 15.2 Å². The van der Waals surface area contributed by atoms with Crippen LogP contribution in [-0.2, 0) is 19.4 Å². The number of nitrogens with two attached hydrogens (primary N) is 1. The number of nitrogens with one attached hydrogen (secondary N) is 1. The van der Waals surface area contributed by atoms with Gasteiger partial charge in [-0.3, -0.25) is 9.88 Å². The minimum absolute atomic E-state index is 0.332. The van der Waals surface area contributed by atoms with E-state index in [1.807, 2.05) is 6.20 Å². The second kappa shape index (κ2) is 7.47. The van der Waals surface area contributed by atoms with Gasteiger partial charge in [-0.2, -0.15) is 0 Å². The Morgan fingerprint density at radius 2 is 2.07 bits per heavy atom. The fraction of sp³-hybridized carbons (Fsp3) is 0.522. The SMILES string of the molecule is CN(C[C@@H]1Cc2c(cccc2N2CC(N)C2)CN1)[C@H]1CCCc2cccnc21. The lowest BCUT2D eigenvalue weighted by Crippen LogP contribution is -2.56. The monoisotopic (exact) mass is 377 g/mol. The van der Waals surface area contributed by atoms with Crippen molar-refractivity contribution in [3.05, 3.63) is 58.9 Å². The summed E-state index contributed by atoms with van der Waals surface area (Å²) in [5.74, 6) is 0. The molecule has 5 nitrogen and oxygen atoms in total. The molecule has 1 aliphatic carbocycles. The van der Waals surface area contributed by atoms with Gasteiger partial charge < -0.3 is 16.0 Å². The predicted octanol–water partition coefficient (Wildman–Crippen LogP) is 2.25. The summed E-state index contributed by atoms with van der Waals surface area (Å²) < 4.78 is 0. The van der Waals surface area contributed by atoms with Crippen molar-refractivity contribution in [2.24, 2.45) is 5.73 Å². The first-order chi connectivity index (χ1) is 13.7. The van der Waals surface area contributed by atoms with E-state index in [1.54, 1.807) is 0 Å². The summed E-state index contributed by atoms with van der Waals surface area (Å²) in [6.07, 6.45) is 6.67. The van der Waals surface area contributed by atoms with Crippen molar-refractivity contribution >= 4 is 5.69 Å². The highest BCUT2D eigenvalue weighted by atomic mass is 15.2. The number of nitrogens with zero attached hydrogens (tertiary/aromatic N) is 3. The molecule has 1 fully saturated rings. The number of hydrogen-bond donors (Lipinski definition) is 2. The summed E-state index contributed by atoms with van der Waals surface area (Å²) in [5.41, 5.74) is 13.1. The van der Waals surface area contributed by atoms with Crippen molar-refractivity contribution in [3.8, 4) is 0 Å². The Kier molecular flexibility index (Phi) is 4.83. The van der Waals surface area contributed by atoms with Crippen LogP contribution in [-0.4, -0.2) is 48.6 Å². The van der Waals surface area contributed by atoms with Crippen LogP contribution in [0.5, 0.6) is 0 Å². The van der Waals surface area contributed by atoms with Crippen LogP contribution in [0.15, 0.2) is 36.5 Å². The third-order valence-electron chi connectivity index (χ3n) is 6.74. The maximum atomic E-state index is 6.03. The van der Waals surface area contributed by atoms with Crippen LogP contribution in [0.1, 0.15) is 41.3 Å². The predicted molar refractivity (Wildman–Crippen MR) is 114 cm³/mol. The normalized spacial score (nSPS) is 24.6. The average Bonchev–Trinajstić information content (AvgIpc) is 2.70. The van der Waals surface area contributed by atoms with Gasteiger partial charge in [-0.25, -0.2) is 0 Å². The Labute approximate surface area is 167 Å². The van der Waals surface area contributed by atoms with Crippen LogP contribution in [0.4, 0.5) is 5.69 Å². The van der Waals surface area contributed by atoms with Crippen molar-refractivity contribution in [1.29, 1.82) is 0 Å². The standard InChI is InChI=1S/C23H31N5/c1-27(22-9-2-5-16-7-4-10-25-23(16)22)15-19-11-20-17(12-26-19)6-3-8-21(20)28-13-18(24)14-28/h3-4,6-8,10,18-19,22,26H,2,5,9,11-15,24H2,1H3/t19-,22-/m0/s1. The summed E-state index contributed by atoms with van der Waals surface area (Å²) in [6.45, 7) is 3.98. The van der Waals surface area contributed by atoms with Crippen LogP contribution in [0.25, 0.3) is 0 Å². The molecule has 28 heavy (non-hydrogen) atoms. The number of likely N-dealkylation sites (N-methyl/N-ethyl adjacent to an activating group) is 1. The Hall–Kier alpha value is -1.95. The van der Waals surface area contributed by atoms with Crippen molar-refractivity contribution in [3.63, 3.8) is 0 Å². The van der Waals surface area contributed by atoms with Gasteiger partial charge in [-0.1, -0.05) is 18.2 Å². The maximum absolute atomic E-state index is 6.03. The zero-order valence-electron chi connectivity index (χ0n) is 16.8. The number of fused-ring (bicyclic) bond motifs is 2. The number of rotatable bonds is 4. The zero-order chi connectivity index (χ0) is 19.1. The smallest absolute Gasteiger partial charge is 0.0607 e. The molecule has 5 heteroatoms. The lowest BCUT2D eigenvalue weighted by Gasteiger charge is -2.42. The second-order valence-corrected chi connectivity index (χ2v) is 8.76. The van der Waals surface area contributed by atoms with Gasteiger partial charge in [-0.05, 0) is 61.6 Å². The molecule has 0 bridgehead atoms. The highest BCUT2D eigenvalue weighted by Gasteiger charge is 2.31. The Bertz CT molecular complexity index is 845. The van der Waals surface area contributed by atoms with Crippen molar-refractivity contribution in [2.75, 3.05) is 31.6 Å². The van der Waals surface area contributed by atoms with E-state index in [-0.39, 0.29) is 0 Å². The molecule has 3 heterocycles. The molecule has 1 saturated heterocycles. The molecular formula is C23H31N5. The maximum Gasteiger partial charge on any atom is 0.0607 e. The highest BCUT2D eigenvalue weighted by molar-refractivity contribution is 5.59. The summed E-state index contributed by atoms with van der Waals surface area (Å²) in [4.78, 5) is 9.70. The summed E-state index contributed by atoms with van der Waals surface area (Å²) in [7, 11) is 2.27. The van der Waals surface area contributed by atoms with Crippen LogP contribution in [0.3, 0.4) is 0 Å². The molecule has 0 spiro atoms. The Morgan fingerprint density at radius 3 is 2.93 bits per heavy atom. The molecular weight excluding hydrogens is 346 g/mol. The third-order valence-corrected chi connectivity index (χ3v) is 6.74. The Morgan fingerprint density at radius 1 is 1.21 bits per heavy atom. The summed E-state index contributed by atoms with van der Waals surface area (Å²) >= 11 is 0. The molecule has 0 radical (unpaired) electrons. The first-order valence-electron chi connectivity index (χ1n) is 10.7. The van der Waals surface area contributed by atoms with Gasteiger partial charge in [0, 0.05) is 50.1 Å². The van der Waals surface area contributed by atoms with Gasteiger partial charge >= 0.3 is 0 Å². The average molecular weight is 378 g/mol. The molecule has 0 saturated carbocycles. The molecule has 148 valence electrons. The fourth-order valence-corrected chi connectivity index (χ4v) is 5.22. The fourth-order valence-electron chi connectivity index (χ4n) is 5.22. The quantitative estimate of drug-likeness (QED) is 0.856. The highest BCUT2D eigenvalue weighted by Crippen LogP contribution is 2.34. The van der Waals surface area contributed by atoms with E-state index in [0.717, 1.165) is 32.6 Å². The van der Waals surface area contributed by atoms with E-state index in [9.17, 15) is 0 Å². The van der Waals surface area contributed by atoms with Gasteiger partial charge in [0.15, 0.2) is 0 Å². The first kappa shape index (κ1) is 18.1. The van der Waals surface area contributed by atoms with E-state index in [4.69, 9.17) is 10.7 Å². The molecule has 2 aliphatic heterocycles.